The molecule has 0 saturated carbocycles. The number of alkyl halides is 3. The van der Waals surface area contributed by atoms with Crippen LogP contribution in [0, 0.1) is 5.92 Å². The van der Waals surface area contributed by atoms with Crippen LogP contribution >= 0.6 is 0 Å². The quantitative estimate of drug-likeness (QED) is 0.782. The summed E-state index contributed by atoms with van der Waals surface area (Å²) in [5.41, 5.74) is 1.34. The zero-order valence-electron chi connectivity index (χ0n) is 9.96. The third-order valence-electron chi connectivity index (χ3n) is 3.60. The van der Waals surface area contributed by atoms with E-state index in [1.165, 1.54) is 12.1 Å². The van der Waals surface area contributed by atoms with Gasteiger partial charge in [0.25, 0.3) is 0 Å². The van der Waals surface area contributed by atoms with Gasteiger partial charge in [0.05, 0.1) is 18.8 Å². The molecule has 1 aromatic carbocycles. The van der Waals surface area contributed by atoms with Gasteiger partial charge in [0.2, 0.25) is 0 Å². The van der Waals surface area contributed by atoms with E-state index in [0.717, 1.165) is 17.7 Å². The van der Waals surface area contributed by atoms with Crippen LogP contribution in [0.5, 0.6) is 0 Å². The van der Waals surface area contributed by atoms with Crippen LogP contribution in [0.3, 0.4) is 0 Å². The summed E-state index contributed by atoms with van der Waals surface area (Å²) in [6, 6.07) is 4.76. The highest BCUT2D eigenvalue weighted by Crippen LogP contribution is 2.39. The van der Waals surface area contributed by atoms with Crippen molar-refractivity contribution in [1.29, 1.82) is 0 Å². The zero-order valence-corrected chi connectivity index (χ0v) is 9.96. The topological polar surface area (TPSA) is 26.3 Å². The Morgan fingerprint density at radius 2 is 1.84 bits per heavy atom. The summed E-state index contributed by atoms with van der Waals surface area (Å²) in [5, 5.41) is 0. The second-order valence-corrected chi connectivity index (χ2v) is 4.81. The van der Waals surface area contributed by atoms with E-state index in [1.54, 1.807) is 0 Å². The summed E-state index contributed by atoms with van der Waals surface area (Å²) in [6.45, 7) is 0.942. The second kappa shape index (κ2) is 4.20. The van der Waals surface area contributed by atoms with Crippen molar-refractivity contribution in [3.8, 4) is 0 Å². The lowest BCUT2D eigenvalue weighted by molar-refractivity contribution is -0.137. The molecule has 2 aliphatic rings. The van der Waals surface area contributed by atoms with Crippen LogP contribution in [0.4, 0.5) is 13.2 Å². The number of carbonyl (C=O) groups is 1. The van der Waals surface area contributed by atoms with Crippen molar-refractivity contribution in [1.82, 2.24) is 0 Å². The van der Waals surface area contributed by atoms with Crippen LogP contribution in [0.1, 0.15) is 17.5 Å². The number of Topliss-reactive ketones (excluding diaryl/α,β-unsaturated/α-hetero) is 1. The molecule has 1 aliphatic carbocycles. The van der Waals surface area contributed by atoms with Crippen molar-refractivity contribution >= 4 is 11.4 Å². The largest absolute Gasteiger partial charge is 0.416 e. The minimum Gasteiger partial charge on any atom is -0.376 e. The van der Waals surface area contributed by atoms with Gasteiger partial charge in [0.1, 0.15) is 0 Å². The maximum Gasteiger partial charge on any atom is 0.416 e. The predicted octanol–water partition coefficient (Wildman–Crippen LogP) is 3.08. The Balaban J connectivity index is 1.99. The molecule has 19 heavy (non-hydrogen) atoms. The van der Waals surface area contributed by atoms with Gasteiger partial charge in [-0.1, -0.05) is 12.1 Å². The second-order valence-electron chi connectivity index (χ2n) is 4.81. The van der Waals surface area contributed by atoms with Gasteiger partial charge < -0.3 is 4.74 Å². The van der Waals surface area contributed by atoms with Gasteiger partial charge in [-0.25, -0.2) is 0 Å². The van der Waals surface area contributed by atoms with Crippen LogP contribution in [0.15, 0.2) is 29.8 Å². The van der Waals surface area contributed by atoms with E-state index in [1.807, 2.05) is 0 Å². The molecule has 0 radical (unpaired) electrons. The predicted molar refractivity (Wildman–Crippen MR) is 62.3 cm³/mol. The number of fused-ring (bicyclic) bond motifs is 1. The number of ketones is 1. The maximum atomic E-state index is 12.5. The molecule has 1 aliphatic heterocycles. The smallest absolute Gasteiger partial charge is 0.376 e. The first-order valence-electron chi connectivity index (χ1n) is 5.98. The summed E-state index contributed by atoms with van der Waals surface area (Å²) < 4.78 is 42.8. The Hall–Kier alpha value is -1.62. The number of hydrogen-bond acceptors (Lipinski definition) is 2. The van der Waals surface area contributed by atoms with Gasteiger partial charge in [-0.2, -0.15) is 13.2 Å². The van der Waals surface area contributed by atoms with E-state index in [9.17, 15) is 18.0 Å². The summed E-state index contributed by atoms with van der Waals surface area (Å²) in [5.74, 6) is 0.118. The van der Waals surface area contributed by atoms with E-state index in [2.05, 4.69) is 0 Å². The van der Waals surface area contributed by atoms with E-state index in [4.69, 9.17) is 4.74 Å². The van der Waals surface area contributed by atoms with Gasteiger partial charge in [-0.3, -0.25) is 4.79 Å². The average molecular weight is 268 g/mol. The van der Waals surface area contributed by atoms with Crippen molar-refractivity contribution in [2.45, 2.75) is 12.6 Å². The minimum absolute atomic E-state index is 0.00283. The van der Waals surface area contributed by atoms with Crippen molar-refractivity contribution in [2.24, 2.45) is 5.92 Å². The average Bonchev–Trinajstić information content (AvgIpc) is 2.87. The molecule has 1 saturated heterocycles. The highest BCUT2D eigenvalue weighted by molar-refractivity contribution is 6.24. The maximum absolute atomic E-state index is 12.5. The highest BCUT2D eigenvalue weighted by Gasteiger charge is 2.37. The third kappa shape index (κ3) is 2.08. The Labute approximate surface area is 107 Å². The van der Waals surface area contributed by atoms with Gasteiger partial charge in [0, 0.05) is 17.9 Å². The molecule has 100 valence electrons. The van der Waals surface area contributed by atoms with Crippen molar-refractivity contribution in [3.05, 3.63) is 41.0 Å². The Morgan fingerprint density at radius 3 is 2.47 bits per heavy atom. The van der Waals surface area contributed by atoms with E-state index >= 15 is 0 Å². The van der Waals surface area contributed by atoms with E-state index in [-0.39, 0.29) is 11.7 Å². The van der Waals surface area contributed by atoms with Gasteiger partial charge >= 0.3 is 6.18 Å². The van der Waals surface area contributed by atoms with E-state index in [0.29, 0.717) is 30.8 Å². The fourth-order valence-electron chi connectivity index (χ4n) is 2.67. The molecule has 5 heteroatoms. The van der Waals surface area contributed by atoms with Gasteiger partial charge in [-0.15, -0.1) is 0 Å². The molecule has 1 atom stereocenters. The first-order valence-corrected chi connectivity index (χ1v) is 5.98. The van der Waals surface area contributed by atoms with Crippen LogP contribution in [-0.2, 0) is 15.7 Å². The fourth-order valence-corrected chi connectivity index (χ4v) is 2.67. The molecule has 2 nitrogen and oxygen atoms in total. The molecule has 0 amide bonds. The standard InChI is InChI=1S/C14H11F3O2/c15-14(16,17)10-3-1-8(2-4-10)13-11-7-19-6-9(11)5-12(13)18/h1-4,9H,5-7H2/t9-/m0/s1. The van der Waals surface area contributed by atoms with E-state index < -0.39 is 11.7 Å². The fraction of sp³-hybridized carbons (Fsp3) is 0.357. The van der Waals surface area contributed by atoms with Gasteiger partial charge in [-0.05, 0) is 23.3 Å². The molecule has 1 heterocycles. The van der Waals surface area contributed by atoms with Crippen molar-refractivity contribution in [3.63, 3.8) is 0 Å². The molecule has 1 fully saturated rings. The molecule has 0 unspecified atom stereocenters. The summed E-state index contributed by atoms with van der Waals surface area (Å²) in [7, 11) is 0. The summed E-state index contributed by atoms with van der Waals surface area (Å²) >= 11 is 0. The Bertz CT molecular complexity index is 555. The summed E-state index contributed by atoms with van der Waals surface area (Å²) in [6.07, 6.45) is -3.94. The molecule has 1 aromatic rings. The number of ether oxygens (including phenoxy) is 1. The molecule has 0 aromatic heterocycles. The van der Waals surface area contributed by atoms with Crippen molar-refractivity contribution < 1.29 is 22.7 Å². The number of benzene rings is 1. The lowest BCUT2D eigenvalue weighted by Gasteiger charge is -2.08. The Morgan fingerprint density at radius 1 is 1.16 bits per heavy atom. The lowest BCUT2D eigenvalue weighted by atomic mass is 9.99. The number of rotatable bonds is 1. The van der Waals surface area contributed by atoms with Crippen LogP contribution in [0.2, 0.25) is 0 Å². The molecule has 0 N–H and O–H groups in total. The zero-order chi connectivity index (χ0) is 13.6. The monoisotopic (exact) mass is 268 g/mol. The molecule has 3 rings (SSSR count). The van der Waals surface area contributed by atoms with Crippen molar-refractivity contribution in [2.75, 3.05) is 13.2 Å². The molecular weight excluding hydrogens is 257 g/mol. The van der Waals surface area contributed by atoms with Crippen LogP contribution in [-0.4, -0.2) is 19.0 Å². The number of carbonyl (C=O) groups excluding carboxylic acids is 1. The molecular formula is C14H11F3O2. The number of halogens is 3. The number of hydrogen-bond donors (Lipinski definition) is 0. The Kier molecular flexibility index (Phi) is 2.74. The summed E-state index contributed by atoms with van der Waals surface area (Å²) in [4.78, 5) is 11.9. The minimum atomic E-state index is -4.35. The molecule has 0 bridgehead atoms. The first kappa shape index (κ1) is 12.4. The SMILES string of the molecule is O=C1C[C@H]2COCC2=C1c1ccc(C(F)(F)F)cc1. The highest BCUT2D eigenvalue weighted by atomic mass is 19.4. The molecule has 0 spiro atoms. The third-order valence-corrected chi connectivity index (χ3v) is 3.60. The van der Waals surface area contributed by atoms with Crippen LogP contribution < -0.4 is 0 Å². The van der Waals surface area contributed by atoms with Crippen LogP contribution in [0.25, 0.3) is 5.57 Å². The lowest BCUT2D eigenvalue weighted by Crippen LogP contribution is -2.05. The van der Waals surface area contributed by atoms with Gasteiger partial charge in [0.15, 0.2) is 5.78 Å². The number of allylic oxidation sites excluding steroid dienone is 1. The normalized spacial score (nSPS) is 23.1. The first-order chi connectivity index (χ1) is 8.97.